The van der Waals surface area contributed by atoms with Gasteiger partial charge in [-0.2, -0.15) is 0 Å². The van der Waals surface area contributed by atoms with Crippen molar-refractivity contribution in [2.45, 2.75) is 37.4 Å². The fraction of sp³-hybridized carbons (Fsp3) is 0.571. The molecule has 0 aliphatic heterocycles. The molecular weight excluding hydrogens is 232 g/mol. The van der Waals surface area contributed by atoms with Crippen LogP contribution in [0.15, 0.2) is 18.2 Å². The fourth-order valence-electron chi connectivity index (χ4n) is 2.58. The zero-order valence-electron chi connectivity index (χ0n) is 10.8. The van der Waals surface area contributed by atoms with E-state index in [2.05, 4.69) is 0 Å². The summed E-state index contributed by atoms with van der Waals surface area (Å²) < 4.78 is 10.4. The standard InChI is InChI=1S/C14H20O4/c1-17-11-7-6-10(9-12(11)18-2)14(16)8-4-3-5-13(14)15/h6-7,9,13,15-16H,3-5,8H2,1-2H3/t13-,14-/m0/s1. The highest BCUT2D eigenvalue weighted by molar-refractivity contribution is 5.45. The van der Waals surface area contributed by atoms with Gasteiger partial charge < -0.3 is 19.7 Å². The third kappa shape index (κ3) is 2.18. The normalized spacial score (nSPS) is 27.9. The van der Waals surface area contributed by atoms with Crippen LogP contribution in [-0.4, -0.2) is 30.5 Å². The summed E-state index contributed by atoms with van der Waals surface area (Å²) in [6.07, 6.45) is 2.36. The van der Waals surface area contributed by atoms with Gasteiger partial charge in [0.1, 0.15) is 5.60 Å². The van der Waals surface area contributed by atoms with Crippen molar-refractivity contribution >= 4 is 0 Å². The van der Waals surface area contributed by atoms with Crippen molar-refractivity contribution in [3.05, 3.63) is 23.8 Å². The van der Waals surface area contributed by atoms with E-state index in [1.807, 2.05) is 0 Å². The average molecular weight is 252 g/mol. The first kappa shape index (κ1) is 13.2. The monoisotopic (exact) mass is 252 g/mol. The van der Waals surface area contributed by atoms with Gasteiger partial charge in [0, 0.05) is 0 Å². The molecule has 2 N–H and O–H groups in total. The number of aliphatic hydroxyl groups excluding tert-OH is 1. The van der Waals surface area contributed by atoms with Crippen molar-refractivity contribution in [3.8, 4) is 11.5 Å². The van der Waals surface area contributed by atoms with E-state index < -0.39 is 11.7 Å². The SMILES string of the molecule is COc1ccc([C@@]2(O)CCCC[C@@H]2O)cc1OC. The minimum Gasteiger partial charge on any atom is -0.493 e. The van der Waals surface area contributed by atoms with Crippen LogP contribution in [-0.2, 0) is 5.60 Å². The third-order valence-electron chi connectivity index (χ3n) is 3.72. The molecule has 0 unspecified atom stereocenters. The van der Waals surface area contributed by atoms with E-state index in [0.717, 1.165) is 12.8 Å². The Morgan fingerprint density at radius 2 is 1.89 bits per heavy atom. The maximum absolute atomic E-state index is 10.6. The zero-order valence-corrected chi connectivity index (χ0v) is 10.8. The Bertz CT molecular complexity index is 418. The molecule has 1 aliphatic rings. The summed E-state index contributed by atoms with van der Waals surface area (Å²) in [6, 6.07) is 5.29. The summed E-state index contributed by atoms with van der Waals surface area (Å²) in [4.78, 5) is 0. The fourth-order valence-corrected chi connectivity index (χ4v) is 2.58. The summed E-state index contributed by atoms with van der Waals surface area (Å²) >= 11 is 0. The number of rotatable bonds is 3. The highest BCUT2D eigenvalue weighted by atomic mass is 16.5. The Morgan fingerprint density at radius 1 is 1.17 bits per heavy atom. The van der Waals surface area contributed by atoms with Crippen molar-refractivity contribution in [2.75, 3.05) is 14.2 Å². The van der Waals surface area contributed by atoms with Crippen LogP contribution in [0.3, 0.4) is 0 Å². The molecule has 0 spiro atoms. The van der Waals surface area contributed by atoms with Gasteiger partial charge in [0.15, 0.2) is 11.5 Å². The lowest BCUT2D eigenvalue weighted by Gasteiger charge is -2.37. The van der Waals surface area contributed by atoms with Crippen LogP contribution in [0.5, 0.6) is 11.5 Å². The van der Waals surface area contributed by atoms with Crippen molar-refractivity contribution in [1.82, 2.24) is 0 Å². The maximum Gasteiger partial charge on any atom is 0.161 e. The highest BCUT2D eigenvalue weighted by Crippen LogP contribution is 2.40. The first-order valence-electron chi connectivity index (χ1n) is 6.25. The predicted octanol–water partition coefficient (Wildman–Crippen LogP) is 1.83. The molecular formula is C14H20O4. The van der Waals surface area contributed by atoms with Gasteiger partial charge in [-0.1, -0.05) is 18.9 Å². The van der Waals surface area contributed by atoms with Gasteiger partial charge in [0.25, 0.3) is 0 Å². The lowest BCUT2D eigenvalue weighted by Crippen LogP contribution is -2.42. The van der Waals surface area contributed by atoms with E-state index in [9.17, 15) is 10.2 Å². The van der Waals surface area contributed by atoms with Gasteiger partial charge in [-0.3, -0.25) is 0 Å². The molecule has 0 heterocycles. The molecule has 0 bridgehead atoms. The summed E-state index contributed by atoms with van der Waals surface area (Å²) in [6.45, 7) is 0. The quantitative estimate of drug-likeness (QED) is 0.861. The largest absolute Gasteiger partial charge is 0.493 e. The minimum absolute atomic E-state index is 0.571. The van der Waals surface area contributed by atoms with Gasteiger partial charge in [-0.15, -0.1) is 0 Å². The molecule has 1 fully saturated rings. The van der Waals surface area contributed by atoms with E-state index in [0.29, 0.717) is 29.9 Å². The van der Waals surface area contributed by atoms with E-state index in [-0.39, 0.29) is 0 Å². The number of aliphatic hydroxyl groups is 2. The molecule has 2 atom stereocenters. The molecule has 4 nitrogen and oxygen atoms in total. The van der Waals surface area contributed by atoms with E-state index in [1.165, 1.54) is 0 Å². The average Bonchev–Trinajstić information content (AvgIpc) is 2.41. The Balaban J connectivity index is 2.37. The summed E-state index contributed by atoms with van der Waals surface area (Å²) in [5.74, 6) is 1.19. The Morgan fingerprint density at radius 3 is 2.50 bits per heavy atom. The summed E-state index contributed by atoms with van der Waals surface area (Å²) in [5.41, 5.74) is -0.481. The highest BCUT2D eigenvalue weighted by Gasteiger charge is 2.39. The third-order valence-corrected chi connectivity index (χ3v) is 3.72. The van der Waals surface area contributed by atoms with Crippen LogP contribution in [0.25, 0.3) is 0 Å². The van der Waals surface area contributed by atoms with Crippen molar-refractivity contribution in [3.63, 3.8) is 0 Å². The van der Waals surface area contributed by atoms with Crippen LogP contribution in [0.1, 0.15) is 31.2 Å². The Labute approximate surface area is 107 Å². The number of ether oxygens (including phenoxy) is 2. The van der Waals surface area contributed by atoms with E-state index in [4.69, 9.17) is 9.47 Å². The summed E-state index contributed by atoms with van der Waals surface area (Å²) in [7, 11) is 3.13. The molecule has 1 aromatic carbocycles. The van der Waals surface area contributed by atoms with E-state index in [1.54, 1.807) is 32.4 Å². The second-order valence-electron chi connectivity index (χ2n) is 4.76. The molecule has 1 aromatic rings. The van der Waals surface area contributed by atoms with Crippen LogP contribution in [0.4, 0.5) is 0 Å². The number of methoxy groups -OCH3 is 2. The van der Waals surface area contributed by atoms with Gasteiger partial charge in [-0.05, 0) is 30.5 Å². The van der Waals surface area contributed by atoms with E-state index >= 15 is 0 Å². The van der Waals surface area contributed by atoms with Crippen LogP contribution < -0.4 is 9.47 Å². The van der Waals surface area contributed by atoms with Crippen LogP contribution >= 0.6 is 0 Å². The van der Waals surface area contributed by atoms with Gasteiger partial charge in [-0.25, -0.2) is 0 Å². The topological polar surface area (TPSA) is 58.9 Å². The molecule has 100 valence electrons. The number of hydrogen-bond acceptors (Lipinski definition) is 4. The molecule has 1 saturated carbocycles. The smallest absolute Gasteiger partial charge is 0.161 e. The zero-order chi connectivity index (χ0) is 13.2. The summed E-state index contributed by atoms with van der Waals surface area (Å²) in [5, 5.41) is 20.7. The predicted molar refractivity (Wildman–Crippen MR) is 67.9 cm³/mol. The van der Waals surface area contributed by atoms with Crippen LogP contribution in [0.2, 0.25) is 0 Å². The maximum atomic E-state index is 10.6. The van der Waals surface area contributed by atoms with Crippen molar-refractivity contribution in [1.29, 1.82) is 0 Å². The van der Waals surface area contributed by atoms with Gasteiger partial charge in [0.2, 0.25) is 0 Å². The molecule has 18 heavy (non-hydrogen) atoms. The Kier molecular flexibility index (Phi) is 3.78. The lowest BCUT2D eigenvalue weighted by atomic mass is 9.77. The molecule has 0 amide bonds. The molecule has 4 heteroatoms. The first-order chi connectivity index (χ1) is 8.61. The molecule has 0 radical (unpaired) electrons. The van der Waals surface area contributed by atoms with Crippen molar-refractivity contribution in [2.24, 2.45) is 0 Å². The number of benzene rings is 1. The van der Waals surface area contributed by atoms with Crippen molar-refractivity contribution < 1.29 is 19.7 Å². The molecule has 0 aromatic heterocycles. The van der Waals surface area contributed by atoms with Crippen LogP contribution in [0, 0.1) is 0 Å². The number of hydrogen-bond donors (Lipinski definition) is 2. The molecule has 0 saturated heterocycles. The first-order valence-corrected chi connectivity index (χ1v) is 6.25. The second-order valence-corrected chi connectivity index (χ2v) is 4.76. The minimum atomic E-state index is -1.17. The molecule has 1 aliphatic carbocycles. The van der Waals surface area contributed by atoms with Gasteiger partial charge in [0.05, 0.1) is 20.3 Å². The van der Waals surface area contributed by atoms with Gasteiger partial charge >= 0.3 is 0 Å². The lowest BCUT2D eigenvalue weighted by molar-refractivity contribution is -0.106. The Hall–Kier alpha value is -1.26. The molecule has 2 rings (SSSR count). The second kappa shape index (κ2) is 5.16.